The minimum Gasteiger partial charge on any atom is -0.465 e. The summed E-state index contributed by atoms with van der Waals surface area (Å²) in [5.41, 5.74) is 2.42. The van der Waals surface area contributed by atoms with Gasteiger partial charge in [-0.3, -0.25) is 9.59 Å². The molecule has 10 heteroatoms. The maximum absolute atomic E-state index is 14.2. The summed E-state index contributed by atoms with van der Waals surface area (Å²) in [7, 11) is -3.54. The highest BCUT2D eigenvalue weighted by atomic mass is 35.5. The Labute approximate surface area is 222 Å². The number of benzene rings is 2. The van der Waals surface area contributed by atoms with Gasteiger partial charge in [-0.15, -0.1) is 0 Å². The molecule has 0 radical (unpaired) electrons. The zero-order valence-electron chi connectivity index (χ0n) is 20.5. The van der Waals surface area contributed by atoms with E-state index in [1.807, 2.05) is 13.0 Å². The van der Waals surface area contributed by atoms with Crippen LogP contribution >= 0.6 is 23.2 Å². The van der Waals surface area contributed by atoms with Crippen LogP contribution in [-0.4, -0.2) is 50.1 Å². The fraction of sp³-hybridized carbons (Fsp3) is 0.462. The van der Waals surface area contributed by atoms with Crippen molar-refractivity contribution in [1.82, 2.24) is 9.62 Å². The molecule has 2 aromatic carbocycles. The van der Waals surface area contributed by atoms with Crippen molar-refractivity contribution in [2.45, 2.75) is 63.6 Å². The molecule has 2 aliphatic rings. The standard InChI is InChI=1S/C26H30Cl2N2O5S/c1-4-35-26(32)23-17-11-9-15(2)13-19(17)25(31)30(24(23)18-12-10-16(27)14-20(18)28)22-8-6-5-7-21(22)29-36(3,33)34/h9-14,21-24,29H,4-8H2,1-3H3/t21-,22-,23+,24-/m0/s1. The number of halogens is 2. The van der Waals surface area contributed by atoms with Crippen molar-refractivity contribution in [2.75, 3.05) is 12.9 Å². The summed E-state index contributed by atoms with van der Waals surface area (Å²) in [6.07, 6.45) is 3.92. The molecule has 0 unspecified atom stereocenters. The number of esters is 1. The third kappa shape index (κ3) is 5.42. The highest BCUT2D eigenvalue weighted by Gasteiger charge is 2.50. The minimum atomic E-state index is -3.54. The van der Waals surface area contributed by atoms with E-state index in [9.17, 15) is 18.0 Å². The number of fused-ring (bicyclic) bond motifs is 1. The van der Waals surface area contributed by atoms with Crippen molar-refractivity contribution in [3.05, 3.63) is 68.7 Å². The largest absolute Gasteiger partial charge is 0.465 e. The molecule has 1 aliphatic heterocycles. The van der Waals surface area contributed by atoms with E-state index in [-0.39, 0.29) is 12.5 Å². The molecular weight excluding hydrogens is 523 g/mol. The van der Waals surface area contributed by atoms with Crippen LogP contribution in [0.4, 0.5) is 0 Å². The van der Waals surface area contributed by atoms with Gasteiger partial charge in [-0.25, -0.2) is 13.1 Å². The minimum absolute atomic E-state index is 0.174. The number of hydrogen-bond acceptors (Lipinski definition) is 5. The van der Waals surface area contributed by atoms with Crippen molar-refractivity contribution in [3.8, 4) is 0 Å². The summed E-state index contributed by atoms with van der Waals surface area (Å²) in [5.74, 6) is -1.59. The number of carbonyl (C=O) groups is 2. The fourth-order valence-corrected chi connectivity index (χ4v) is 6.84. The van der Waals surface area contributed by atoms with Gasteiger partial charge in [-0.2, -0.15) is 0 Å². The monoisotopic (exact) mass is 552 g/mol. The second-order valence-electron chi connectivity index (χ2n) is 9.49. The second-order valence-corrected chi connectivity index (χ2v) is 12.1. The van der Waals surface area contributed by atoms with E-state index < -0.39 is 40.0 Å². The molecule has 1 N–H and O–H groups in total. The third-order valence-electron chi connectivity index (χ3n) is 6.90. The molecule has 4 atom stereocenters. The van der Waals surface area contributed by atoms with Crippen LogP contribution < -0.4 is 4.72 Å². The summed E-state index contributed by atoms with van der Waals surface area (Å²) in [6, 6.07) is 8.63. The highest BCUT2D eigenvalue weighted by Crippen LogP contribution is 2.48. The van der Waals surface area contributed by atoms with Gasteiger partial charge in [0.15, 0.2) is 0 Å². The predicted octanol–water partition coefficient (Wildman–Crippen LogP) is 5.01. The Hall–Kier alpha value is -2.13. The number of rotatable bonds is 6. The van der Waals surface area contributed by atoms with E-state index in [4.69, 9.17) is 27.9 Å². The molecule has 194 valence electrons. The third-order valence-corrected chi connectivity index (χ3v) is 8.19. The van der Waals surface area contributed by atoms with Crippen LogP contribution in [0, 0.1) is 6.92 Å². The summed E-state index contributed by atoms with van der Waals surface area (Å²) < 4.78 is 32.7. The Morgan fingerprint density at radius 1 is 1.11 bits per heavy atom. The van der Waals surface area contributed by atoms with E-state index in [0.717, 1.165) is 24.7 Å². The molecule has 4 rings (SSSR count). The summed E-state index contributed by atoms with van der Waals surface area (Å²) in [6.45, 7) is 3.79. The lowest BCUT2D eigenvalue weighted by Crippen LogP contribution is -2.58. The molecule has 2 aromatic rings. The second kappa shape index (κ2) is 10.7. The van der Waals surface area contributed by atoms with Crippen molar-refractivity contribution in [1.29, 1.82) is 0 Å². The van der Waals surface area contributed by atoms with E-state index in [1.54, 1.807) is 42.2 Å². The molecule has 0 spiro atoms. The lowest BCUT2D eigenvalue weighted by molar-refractivity contribution is -0.147. The molecule has 36 heavy (non-hydrogen) atoms. The van der Waals surface area contributed by atoms with Gasteiger partial charge in [0.05, 0.1) is 18.9 Å². The van der Waals surface area contributed by atoms with Crippen LogP contribution in [-0.2, 0) is 19.6 Å². The number of hydrogen-bond donors (Lipinski definition) is 1. The highest BCUT2D eigenvalue weighted by molar-refractivity contribution is 7.88. The molecule has 1 amide bonds. The number of ether oxygens (including phenoxy) is 1. The zero-order chi connectivity index (χ0) is 26.2. The Morgan fingerprint density at radius 2 is 1.81 bits per heavy atom. The van der Waals surface area contributed by atoms with Crippen LogP contribution in [0.3, 0.4) is 0 Å². The Kier molecular flexibility index (Phi) is 8.00. The molecule has 1 saturated carbocycles. The first-order valence-corrected chi connectivity index (χ1v) is 14.7. The van der Waals surface area contributed by atoms with Gasteiger partial charge in [0.1, 0.15) is 5.92 Å². The van der Waals surface area contributed by atoms with E-state index in [0.29, 0.717) is 39.6 Å². The average Bonchev–Trinajstić information content (AvgIpc) is 2.79. The van der Waals surface area contributed by atoms with Crippen LogP contribution in [0.25, 0.3) is 0 Å². The molecule has 1 aliphatic carbocycles. The van der Waals surface area contributed by atoms with Crippen molar-refractivity contribution in [2.24, 2.45) is 0 Å². The maximum Gasteiger partial charge on any atom is 0.315 e. The van der Waals surface area contributed by atoms with Crippen LogP contribution in [0.15, 0.2) is 36.4 Å². The van der Waals surface area contributed by atoms with Crippen molar-refractivity contribution in [3.63, 3.8) is 0 Å². The van der Waals surface area contributed by atoms with Gasteiger partial charge in [0.2, 0.25) is 10.0 Å². The first-order valence-electron chi connectivity index (χ1n) is 12.0. The Balaban J connectivity index is 1.96. The van der Waals surface area contributed by atoms with Gasteiger partial charge in [-0.1, -0.05) is 59.8 Å². The lowest BCUT2D eigenvalue weighted by Gasteiger charge is -2.49. The molecule has 1 heterocycles. The molecule has 1 fully saturated rings. The van der Waals surface area contributed by atoms with Gasteiger partial charge < -0.3 is 9.64 Å². The van der Waals surface area contributed by atoms with Gasteiger partial charge >= 0.3 is 5.97 Å². The van der Waals surface area contributed by atoms with E-state index >= 15 is 0 Å². The first-order chi connectivity index (χ1) is 17.0. The van der Waals surface area contributed by atoms with E-state index in [1.165, 1.54) is 0 Å². The Morgan fingerprint density at radius 3 is 2.47 bits per heavy atom. The maximum atomic E-state index is 14.2. The van der Waals surface area contributed by atoms with Crippen LogP contribution in [0.5, 0.6) is 0 Å². The molecule has 0 aromatic heterocycles. The number of nitrogens with one attached hydrogen (secondary N) is 1. The summed E-state index contributed by atoms with van der Waals surface area (Å²) in [5, 5.41) is 0.744. The van der Waals surface area contributed by atoms with Gasteiger partial charge in [-0.05, 0) is 56.0 Å². The van der Waals surface area contributed by atoms with Gasteiger partial charge in [0.25, 0.3) is 5.91 Å². The molecular formula is C26H30Cl2N2O5S. The first kappa shape index (κ1) is 26.9. The SMILES string of the molecule is CCOC(=O)[C@@H]1c2ccc(C)cc2C(=O)N([C@H]2CCCC[C@@H]2NS(C)(=O)=O)[C@H]1c1ccc(Cl)cc1Cl. The van der Waals surface area contributed by atoms with Crippen LogP contribution in [0.2, 0.25) is 10.0 Å². The number of amides is 1. The quantitative estimate of drug-likeness (QED) is 0.508. The zero-order valence-corrected chi connectivity index (χ0v) is 22.8. The van der Waals surface area contributed by atoms with Crippen LogP contribution in [0.1, 0.15) is 71.6 Å². The normalized spacial score (nSPS) is 24.4. The number of sulfonamides is 1. The Bertz CT molecular complexity index is 1280. The van der Waals surface area contributed by atoms with Crippen molar-refractivity contribution < 1.29 is 22.7 Å². The summed E-state index contributed by atoms with van der Waals surface area (Å²) in [4.78, 5) is 29.4. The van der Waals surface area contributed by atoms with Crippen molar-refractivity contribution >= 4 is 45.1 Å². The molecule has 0 saturated heterocycles. The average molecular weight is 554 g/mol. The fourth-order valence-electron chi connectivity index (χ4n) is 5.49. The number of carbonyl (C=O) groups excluding carboxylic acids is 2. The predicted molar refractivity (Wildman–Crippen MR) is 140 cm³/mol. The van der Waals surface area contributed by atoms with Gasteiger partial charge in [0, 0.05) is 27.7 Å². The lowest BCUT2D eigenvalue weighted by atomic mass is 9.76. The number of aryl methyl sites for hydroxylation is 1. The van der Waals surface area contributed by atoms with E-state index in [2.05, 4.69) is 4.72 Å². The smallest absolute Gasteiger partial charge is 0.315 e. The number of nitrogens with zero attached hydrogens (tertiary/aromatic N) is 1. The molecule has 0 bridgehead atoms. The summed E-state index contributed by atoms with van der Waals surface area (Å²) >= 11 is 12.9. The molecule has 7 nitrogen and oxygen atoms in total. The topological polar surface area (TPSA) is 92.8 Å².